The number of para-hydroxylation sites is 1. The topological polar surface area (TPSA) is 85.2 Å². The van der Waals surface area contributed by atoms with Gasteiger partial charge in [0.05, 0.1) is 10.4 Å². The van der Waals surface area contributed by atoms with Crippen LogP contribution >= 0.6 is 11.8 Å². The Labute approximate surface area is 185 Å². The van der Waals surface area contributed by atoms with Crippen molar-refractivity contribution in [3.8, 4) is 0 Å². The Hall–Kier alpha value is -2.71. The van der Waals surface area contributed by atoms with Crippen LogP contribution in [-0.2, 0) is 0 Å². The van der Waals surface area contributed by atoms with Crippen molar-refractivity contribution in [3.05, 3.63) is 49.1 Å². The third-order valence-corrected chi connectivity index (χ3v) is 8.21. The van der Waals surface area contributed by atoms with Crippen LogP contribution in [0.15, 0.2) is 58.8 Å². The highest BCUT2D eigenvalue weighted by molar-refractivity contribution is 7.99. The van der Waals surface area contributed by atoms with Crippen molar-refractivity contribution in [2.75, 3.05) is 18.0 Å². The fourth-order valence-corrected chi connectivity index (χ4v) is 6.29. The number of hydrogen-bond donors (Lipinski definition) is 1. The van der Waals surface area contributed by atoms with Crippen molar-refractivity contribution in [1.29, 1.82) is 0 Å². The number of nitrogens with two attached hydrogens (primary N) is 1. The van der Waals surface area contributed by atoms with Crippen LogP contribution in [0.4, 0.5) is 5.95 Å². The van der Waals surface area contributed by atoms with Crippen molar-refractivity contribution in [3.63, 3.8) is 0 Å². The Bertz CT molecular complexity index is 1240. The molecule has 158 valence electrons. The van der Waals surface area contributed by atoms with E-state index in [1.165, 1.54) is 19.3 Å². The summed E-state index contributed by atoms with van der Waals surface area (Å²) < 4.78 is 2.03. The molecule has 2 fully saturated rings. The summed E-state index contributed by atoms with van der Waals surface area (Å²) in [6, 6.07) is 10.6. The van der Waals surface area contributed by atoms with E-state index in [4.69, 9.17) is 10.7 Å². The standard InChI is InChI=1S/C23H25N7S/c24-20-6-3-8-23(20)9-12-29(13-10-23)22-26-14-19(21-28-27-15-30(21)22)31-18-7-11-25-17-5-2-1-4-16(17)18/h1-2,4-5,7,11,14-15,20H,3,6,8-10,12-13,24H2/t20-/m1/s1. The molecule has 1 saturated heterocycles. The van der Waals surface area contributed by atoms with Gasteiger partial charge in [0.1, 0.15) is 6.33 Å². The summed E-state index contributed by atoms with van der Waals surface area (Å²) >= 11 is 1.66. The highest BCUT2D eigenvalue weighted by atomic mass is 32.2. The second kappa shape index (κ2) is 7.46. The summed E-state index contributed by atoms with van der Waals surface area (Å²) in [6.07, 6.45) is 11.5. The molecule has 2 N–H and O–H groups in total. The van der Waals surface area contributed by atoms with Gasteiger partial charge in [0.25, 0.3) is 0 Å². The molecule has 6 rings (SSSR count). The molecule has 0 amide bonds. The maximum Gasteiger partial charge on any atom is 0.212 e. The minimum atomic E-state index is 0.334. The van der Waals surface area contributed by atoms with Crippen LogP contribution in [0, 0.1) is 5.41 Å². The van der Waals surface area contributed by atoms with Crippen molar-refractivity contribution in [1.82, 2.24) is 24.6 Å². The van der Waals surface area contributed by atoms with Gasteiger partial charge < -0.3 is 10.6 Å². The zero-order valence-electron chi connectivity index (χ0n) is 17.3. The second-order valence-corrected chi connectivity index (χ2v) is 9.81. The minimum Gasteiger partial charge on any atom is -0.342 e. The molecule has 1 atom stereocenters. The largest absolute Gasteiger partial charge is 0.342 e. The van der Waals surface area contributed by atoms with Crippen LogP contribution < -0.4 is 10.6 Å². The highest BCUT2D eigenvalue weighted by Crippen LogP contribution is 2.46. The van der Waals surface area contributed by atoms with Crippen LogP contribution in [0.3, 0.4) is 0 Å². The minimum absolute atomic E-state index is 0.334. The number of hydrogen-bond acceptors (Lipinski definition) is 7. The van der Waals surface area contributed by atoms with Gasteiger partial charge in [-0.3, -0.25) is 4.98 Å². The predicted octanol–water partition coefficient (Wildman–Crippen LogP) is 3.92. The van der Waals surface area contributed by atoms with Crippen molar-refractivity contribution in [2.45, 2.75) is 47.9 Å². The Balaban J connectivity index is 1.31. The van der Waals surface area contributed by atoms with Gasteiger partial charge in [-0.05, 0) is 43.2 Å². The van der Waals surface area contributed by atoms with E-state index >= 15 is 0 Å². The lowest BCUT2D eigenvalue weighted by Gasteiger charge is -2.42. The Morgan fingerprint density at radius 3 is 2.74 bits per heavy atom. The lowest BCUT2D eigenvalue weighted by atomic mass is 9.74. The molecule has 3 aromatic heterocycles. The zero-order valence-corrected chi connectivity index (χ0v) is 18.1. The van der Waals surface area contributed by atoms with Gasteiger partial charge in [0.2, 0.25) is 5.95 Å². The van der Waals surface area contributed by atoms with Gasteiger partial charge >= 0.3 is 0 Å². The van der Waals surface area contributed by atoms with E-state index < -0.39 is 0 Å². The van der Waals surface area contributed by atoms with Crippen molar-refractivity contribution < 1.29 is 0 Å². The second-order valence-electron chi connectivity index (χ2n) is 8.72. The van der Waals surface area contributed by atoms with Gasteiger partial charge in [-0.25, -0.2) is 9.38 Å². The van der Waals surface area contributed by atoms with Crippen LogP contribution in [0.1, 0.15) is 32.1 Å². The van der Waals surface area contributed by atoms with Gasteiger partial charge in [-0.1, -0.05) is 36.4 Å². The van der Waals surface area contributed by atoms with E-state index in [1.54, 1.807) is 18.1 Å². The number of rotatable bonds is 3. The van der Waals surface area contributed by atoms with E-state index in [-0.39, 0.29) is 0 Å². The molecular weight excluding hydrogens is 406 g/mol. The van der Waals surface area contributed by atoms with E-state index in [9.17, 15) is 0 Å². The SMILES string of the molecule is N[C@@H]1CCCC12CCN(c1ncc(Sc3ccnc4ccccc34)c3nncn13)CC2. The number of piperidine rings is 1. The number of anilines is 1. The van der Waals surface area contributed by atoms with Crippen LogP contribution in [0.5, 0.6) is 0 Å². The van der Waals surface area contributed by atoms with Gasteiger partial charge in [0.15, 0.2) is 5.65 Å². The average molecular weight is 432 g/mol. The molecule has 0 unspecified atom stereocenters. The first-order valence-corrected chi connectivity index (χ1v) is 11.8. The van der Waals surface area contributed by atoms with Gasteiger partial charge in [-0.15, -0.1) is 10.2 Å². The first kappa shape index (κ1) is 19.0. The summed E-state index contributed by atoms with van der Waals surface area (Å²) in [7, 11) is 0. The summed E-state index contributed by atoms with van der Waals surface area (Å²) in [5.41, 5.74) is 8.63. The molecule has 4 aromatic rings. The Morgan fingerprint density at radius 2 is 1.90 bits per heavy atom. The number of nitrogens with zero attached hydrogens (tertiary/aromatic N) is 6. The third kappa shape index (κ3) is 3.16. The molecule has 1 aliphatic heterocycles. The molecule has 31 heavy (non-hydrogen) atoms. The number of pyridine rings is 1. The van der Waals surface area contributed by atoms with Gasteiger partial charge in [0, 0.05) is 41.8 Å². The van der Waals surface area contributed by atoms with E-state index in [0.29, 0.717) is 11.5 Å². The lowest BCUT2D eigenvalue weighted by molar-refractivity contribution is 0.197. The Morgan fingerprint density at radius 1 is 1.03 bits per heavy atom. The first-order chi connectivity index (χ1) is 15.2. The van der Waals surface area contributed by atoms with E-state index in [1.807, 2.05) is 41.1 Å². The average Bonchev–Trinajstić information content (AvgIpc) is 3.43. The molecule has 1 aromatic carbocycles. The molecule has 0 radical (unpaired) electrons. The highest BCUT2D eigenvalue weighted by Gasteiger charge is 2.43. The smallest absolute Gasteiger partial charge is 0.212 e. The summed E-state index contributed by atoms with van der Waals surface area (Å²) in [5.74, 6) is 0.922. The molecular formula is C23H25N7S. The monoisotopic (exact) mass is 431 g/mol. The molecule has 4 heterocycles. The quantitative estimate of drug-likeness (QED) is 0.526. The van der Waals surface area contributed by atoms with Crippen molar-refractivity contribution in [2.24, 2.45) is 11.1 Å². The molecule has 7 nitrogen and oxygen atoms in total. The predicted molar refractivity (Wildman–Crippen MR) is 122 cm³/mol. The Kier molecular flexibility index (Phi) is 4.57. The molecule has 1 aliphatic carbocycles. The third-order valence-electron chi connectivity index (χ3n) is 7.13. The normalized spacial score (nSPS) is 20.8. The first-order valence-electron chi connectivity index (χ1n) is 10.9. The van der Waals surface area contributed by atoms with Gasteiger partial charge in [-0.2, -0.15) is 0 Å². The lowest BCUT2D eigenvalue weighted by Crippen LogP contribution is -2.47. The number of fused-ring (bicyclic) bond motifs is 2. The number of aromatic nitrogens is 5. The molecule has 8 heteroatoms. The van der Waals surface area contributed by atoms with E-state index in [0.717, 1.165) is 58.2 Å². The summed E-state index contributed by atoms with van der Waals surface area (Å²) in [5, 5.41) is 9.76. The molecule has 2 aliphatic rings. The molecule has 1 spiro atoms. The fourth-order valence-electron chi connectivity index (χ4n) is 5.31. The zero-order chi connectivity index (χ0) is 20.8. The maximum atomic E-state index is 6.47. The molecule has 0 bridgehead atoms. The van der Waals surface area contributed by atoms with Crippen LogP contribution in [0.25, 0.3) is 16.6 Å². The maximum absolute atomic E-state index is 6.47. The van der Waals surface area contributed by atoms with Crippen LogP contribution in [0.2, 0.25) is 0 Å². The fraction of sp³-hybridized carbons (Fsp3) is 0.391. The van der Waals surface area contributed by atoms with Crippen molar-refractivity contribution >= 4 is 34.3 Å². The molecule has 1 saturated carbocycles. The summed E-state index contributed by atoms with van der Waals surface area (Å²) in [4.78, 5) is 13.8. The number of benzene rings is 1. The summed E-state index contributed by atoms with van der Waals surface area (Å²) in [6.45, 7) is 1.96. The van der Waals surface area contributed by atoms with E-state index in [2.05, 4.69) is 26.1 Å². The van der Waals surface area contributed by atoms with Crippen LogP contribution in [-0.4, -0.2) is 43.7 Å².